The van der Waals surface area contributed by atoms with Gasteiger partial charge in [-0.1, -0.05) is 13.3 Å². The summed E-state index contributed by atoms with van der Waals surface area (Å²) in [7, 11) is -3.33. The summed E-state index contributed by atoms with van der Waals surface area (Å²) in [4.78, 5) is 11.5. The van der Waals surface area contributed by atoms with Crippen molar-refractivity contribution in [3.8, 4) is 0 Å². The number of furan rings is 1. The molecule has 0 aliphatic carbocycles. The molecule has 1 aromatic rings. The smallest absolute Gasteiger partial charge is 0.220 e. The molecule has 0 unspecified atom stereocenters. The van der Waals surface area contributed by atoms with E-state index < -0.39 is 10.0 Å². The van der Waals surface area contributed by atoms with Crippen molar-refractivity contribution in [2.45, 2.75) is 32.7 Å². The van der Waals surface area contributed by atoms with Crippen molar-refractivity contribution in [3.05, 3.63) is 24.2 Å². The van der Waals surface area contributed by atoms with Crippen LogP contribution in [0, 0.1) is 0 Å². The predicted octanol–water partition coefficient (Wildman–Crippen LogP) is 1.35. The lowest BCUT2D eigenvalue weighted by Crippen LogP contribution is -2.37. The number of hydrogen-bond donors (Lipinski definition) is 1. The maximum atomic E-state index is 11.7. The molecule has 1 N–H and O–H groups in total. The lowest BCUT2D eigenvalue weighted by molar-refractivity contribution is -0.121. The van der Waals surface area contributed by atoms with Crippen molar-refractivity contribution in [3.63, 3.8) is 0 Å². The van der Waals surface area contributed by atoms with Gasteiger partial charge in [0.05, 0.1) is 19.1 Å². The summed E-state index contributed by atoms with van der Waals surface area (Å²) in [6.07, 6.45) is 4.93. The third-order valence-electron chi connectivity index (χ3n) is 2.82. The topological polar surface area (TPSA) is 79.6 Å². The number of carbonyl (C=O) groups is 1. The van der Waals surface area contributed by atoms with E-state index in [-0.39, 0.29) is 19.0 Å². The first-order valence-corrected chi connectivity index (χ1v) is 8.52. The van der Waals surface area contributed by atoms with Gasteiger partial charge < -0.3 is 9.73 Å². The summed E-state index contributed by atoms with van der Waals surface area (Å²) in [5.41, 5.74) is 0. The molecule has 0 saturated heterocycles. The van der Waals surface area contributed by atoms with Crippen molar-refractivity contribution in [1.82, 2.24) is 9.62 Å². The van der Waals surface area contributed by atoms with Crippen molar-refractivity contribution >= 4 is 15.9 Å². The summed E-state index contributed by atoms with van der Waals surface area (Å²) >= 11 is 0. The fourth-order valence-corrected chi connectivity index (χ4v) is 2.47. The molecular formula is C13H22N2O4S. The van der Waals surface area contributed by atoms with Gasteiger partial charge in [-0.05, 0) is 18.6 Å². The molecule has 1 aromatic heterocycles. The van der Waals surface area contributed by atoms with Gasteiger partial charge in [0.25, 0.3) is 0 Å². The Bertz CT molecular complexity index is 496. The van der Waals surface area contributed by atoms with Gasteiger partial charge in [0.15, 0.2) is 0 Å². The predicted molar refractivity (Wildman–Crippen MR) is 76.5 cm³/mol. The quantitative estimate of drug-likeness (QED) is 0.746. The Labute approximate surface area is 120 Å². The van der Waals surface area contributed by atoms with Crippen LogP contribution >= 0.6 is 0 Å². The second-order valence-electron chi connectivity index (χ2n) is 4.63. The lowest BCUT2D eigenvalue weighted by Gasteiger charge is -2.18. The number of nitrogens with zero attached hydrogens (tertiary/aromatic N) is 1. The van der Waals surface area contributed by atoms with Crippen LogP contribution in [0.5, 0.6) is 0 Å². The Balaban J connectivity index is 2.44. The fraction of sp³-hybridized carbons (Fsp3) is 0.615. The largest absolute Gasteiger partial charge is 0.468 e. The summed E-state index contributed by atoms with van der Waals surface area (Å²) in [5, 5.41) is 2.72. The average molecular weight is 302 g/mol. The van der Waals surface area contributed by atoms with Crippen LogP contribution < -0.4 is 5.32 Å². The van der Waals surface area contributed by atoms with E-state index in [0.717, 1.165) is 19.1 Å². The Hall–Kier alpha value is -1.34. The highest BCUT2D eigenvalue weighted by Gasteiger charge is 2.18. The summed E-state index contributed by atoms with van der Waals surface area (Å²) in [6.45, 7) is 2.73. The molecule has 0 saturated carbocycles. The minimum absolute atomic E-state index is 0.0432. The Morgan fingerprint density at radius 3 is 2.75 bits per heavy atom. The molecule has 0 aliphatic rings. The highest BCUT2D eigenvalue weighted by molar-refractivity contribution is 7.88. The fourth-order valence-electron chi connectivity index (χ4n) is 1.68. The molecule has 0 spiro atoms. The number of unbranched alkanes of at least 4 members (excludes halogenated alkanes) is 1. The standard InChI is InChI=1S/C13H22N2O4S/c1-3-4-7-13(16)14-8-9-15(20(2,17)18)11-12-6-5-10-19-12/h5-6,10H,3-4,7-9,11H2,1-2H3,(H,14,16). The molecule has 0 fully saturated rings. The van der Waals surface area contributed by atoms with Crippen molar-refractivity contribution in [2.75, 3.05) is 19.3 Å². The maximum Gasteiger partial charge on any atom is 0.220 e. The second kappa shape index (κ2) is 8.06. The molecule has 1 heterocycles. The van der Waals surface area contributed by atoms with Crippen LogP contribution in [0.3, 0.4) is 0 Å². The highest BCUT2D eigenvalue weighted by atomic mass is 32.2. The molecule has 0 aromatic carbocycles. The van der Waals surface area contributed by atoms with Gasteiger partial charge in [-0.2, -0.15) is 4.31 Å². The first-order chi connectivity index (χ1) is 9.43. The zero-order valence-electron chi connectivity index (χ0n) is 12.0. The minimum Gasteiger partial charge on any atom is -0.468 e. The number of hydrogen-bond acceptors (Lipinski definition) is 4. The normalized spacial score (nSPS) is 11.8. The molecule has 114 valence electrons. The van der Waals surface area contributed by atoms with E-state index >= 15 is 0 Å². The first-order valence-electron chi connectivity index (χ1n) is 6.67. The Kier molecular flexibility index (Phi) is 6.74. The third-order valence-corrected chi connectivity index (χ3v) is 4.07. The number of carbonyl (C=O) groups excluding carboxylic acids is 1. The minimum atomic E-state index is -3.33. The summed E-state index contributed by atoms with van der Waals surface area (Å²) < 4.78 is 29.8. The lowest BCUT2D eigenvalue weighted by atomic mass is 10.2. The average Bonchev–Trinajstić information content (AvgIpc) is 2.87. The van der Waals surface area contributed by atoms with E-state index in [9.17, 15) is 13.2 Å². The molecule has 1 amide bonds. The van der Waals surface area contributed by atoms with Crippen molar-refractivity contribution in [1.29, 1.82) is 0 Å². The summed E-state index contributed by atoms with van der Waals surface area (Å²) in [6, 6.07) is 3.43. The van der Waals surface area contributed by atoms with E-state index in [0.29, 0.717) is 18.7 Å². The monoisotopic (exact) mass is 302 g/mol. The zero-order valence-corrected chi connectivity index (χ0v) is 12.8. The van der Waals surface area contributed by atoms with Crippen LogP contribution in [0.4, 0.5) is 0 Å². The van der Waals surface area contributed by atoms with E-state index in [2.05, 4.69) is 5.32 Å². The van der Waals surface area contributed by atoms with Gasteiger partial charge in [-0.3, -0.25) is 4.79 Å². The first kappa shape index (κ1) is 16.7. The van der Waals surface area contributed by atoms with E-state index in [1.807, 2.05) is 6.92 Å². The molecule has 7 heteroatoms. The van der Waals surface area contributed by atoms with Gasteiger partial charge in [-0.15, -0.1) is 0 Å². The highest BCUT2D eigenvalue weighted by Crippen LogP contribution is 2.08. The van der Waals surface area contributed by atoms with E-state index in [4.69, 9.17) is 4.42 Å². The number of amides is 1. The van der Waals surface area contributed by atoms with Crippen LogP contribution in [0.25, 0.3) is 0 Å². The van der Waals surface area contributed by atoms with E-state index in [1.165, 1.54) is 10.6 Å². The van der Waals surface area contributed by atoms with Gasteiger partial charge >= 0.3 is 0 Å². The van der Waals surface area contributed by atoms with Gasteiger partial charge in [0.2, 0.25) is 15.9 Å². The van der Waals surface area contributed by atoms with Crippen LogP contribution in [-0.2, 0) is 21.4 Å². The molecule has 6 nitrogen and oxygen atoms in total. The van der Waals surface area contributed by atoms with E-state index in [1.54, 1.807) is 12.1 Å². The van der Waals surface area contributed by atoms with Crippen LogP contribution in [0.15, 0.2) is 22.8 Å². The van der Waals surface area contributed by atoms with Crippen LogP contribution in [0.2, 0.25) is 0 Å². The van der Waals surface area contributed by atoms with Gasteiger partial charge in [-0.25, -0.2) is 8.42 Å². The third kappa shape index (κ3) is 6.21. The molecule has 20 heavy (non-hydrogen) atoms. The SMILES string of the molecule is CCCCC(=O)NCCN(Cc1ccco1)S(C)(=O)=O. The number of rotatable bonds is 9. The van der Waals surface area contributed by atoms with Gasteiger partial charge in [0.1, 0.15) is 5.76 Å². The Morgan fingerprint density at radius 1 is 1.45 bits per heavy atom. The molecule has 0 atom stereocenters. The maximum absolute atomic E-state index is 11.7. The van der Waals surface area contributed by atoms with Gasteiger partial charge in [0, 0.05) is 19.5 Å². The molecule has 0 radical (unpaired) electrons. The summed E-state index contributed by atoms with van der Waals surface area (Å²) in [5.74, 6) is 0.533. The molecule has 1 rings (SSSR count). The molecular weight excluding hydrogens is 280 g/mol. The molecule has 0 aliphatic heterocycles. The van der Waals surface area contributed by atoms with Crippen molar-refractivity contribution in [2.24, 2.45) is 0 Å². The second-order valence-corrected chi connectivity index (χ2v) is 6.61. The number of nitrogens with one attached hydrogen (secondary N) is 1. The molecule has 0 bridgehead atoms. The number of sulfonamides is 1. The van der Waals surface area contributed by atoms with Crippen LogP contribution in [-0.4, -0.2) is 38.0 Å². The van der Waals surface area contributed by atoms with Crippen LogP contribution in [0.1, 0.15) is 31.9 Å². The van der Waals surface area contributed by atoms with Crippen molar-refractivity contribution < 1.29 is 17.6 Å². The Morgan fingerprint density at radius 2 is 2.20 bits per heavy atom. The zero-order chi connectivity index (χ0) is 15.0.